The van der Waals surface area contributed by atoms with Crippen LogP contribution < -0.4 is 5.32 Å². The van der Waals surface area contributed by atoms with E-state index < -0.39 is 12.2 Å². The van der Waals surface area contributed by atoms with Gasteiger partial charge in [-0.1, -0.05) is 0 Å². The van der Waals surface area contributed by atoms with Crippen molar-refractivity contribution in [3.05, 3.63) is 36.3 Å². The van der Waals surface area contributed by atoms with Gasteiger partial charge in [0.2, 0.25) is 0 Å². The minimum absolute atomic E-state index is 0.446. The number of H-pyrrole nitrogens is 1. The zero-order valence-electron chi connectivity index (χ0n) is 12.9. The Hall–Kier alpha value is -3.00. The molecular formula is C16H15N5O3. The lowest BCUT2D eigenvalue weighted by Gasteiger charge is -2.25. The second-order valence-electron chi connectivity index (χ2n) is 5.43. The molecule has 1 aliphatic heterocycles. The van der Waals surface area contributed by atoms with Crippen molar-refractivity contribution in [1.29, 1.82) is 0 Å². The van der Waals surface area contributed by atoms with Crippen molar-refractivity contribution in [3.63, 3.8) is 0 Å². The number of aromatic amines is 1. The number of hydrogen-bond donors (Lipinski definition) is 2. The number of methoxy groups -OCH3 is 1. The molecule has 0 aromatic carbocycles. The normalized spacial score (nSPS) is 16.5. The first-order chi connectivity index (χ1) is 11.8. The smallest absolute Gasteiger partial charge is 0.412 e. The molecule has 8 heteroatoms. The Kier molecular flexibility index (Phi) is 3.58. The van der Waals surface area contributed by atoms with E-state index in [1.165, 1.54) is 0 Å². The lowest BCUT2D eigenvalue weighted by atomic mass is 10.1. The molecule has 8 nitrogen and oxygen atoms in total. The molecule has 3 aromatic rings. The number of nitrogens with one attached hydrogen (secondary N) is 2. The van der Waals surface area contributed by atoms with Crippen molar-refractivity contribution in [2.45, 2.75) is 12.5 Å². The van der Waals surface area contributed by atoms with Crippen LogP contribution >= 0.6 is 0 Å². The summed E-state index contributed by atoms with van der Waals surface area (Å²) in [6.07, 6.45) is 3.02. The highest BCUT2D eigenvalue weighted by atomic mass is 16.6. The summed E-state index contributed by atoms with van der Waals surface area (Å²) in [4.78, 5) is 20.5. The molecule has 4 heterocycles. The van der Waals surface area contributed by atoms with E-state index in [0.717, 1.165) is 22.3 Å². The molecule has 1 amide bonds. The van der Waals surface area contributed by atoms with Crippen LogP contribution in [0, 0.1) is 0 Å². The quantitative estimate of drug-likeness (QED) is 0.764. The third-order valence-electron chi connectivity index (χ3n) is 3.89. The van der Waals surface area contributed by atoms with Gasteiger partial charge in [-0.25, -0.2) is 9.78 Å². The molecule has 0 aliphatic carbocycles. The van der Waals surface area contributed by atoms with Gasteiger partial charge < -0.3 is 9.47 Å². The SMILES string of the molecule is COCCC1OC(=O)Nc2cc3[nH]nc(-c4ccncc4)c3nc21. The van der Waals surface area contributed by atoms with Crippen LogP contribution in [0.5, 0.6) is 0 Å². The van der Waals surface area contributed by atoms with Gasteiger partial charge in [-0.2, -0.15) is 5.10 Å². The maximum Gasteiger partial charge on any atom is 0.412 e. The van der Waals surface area contributed by atoms with Crippen molar-refractivity contribution < 1.29 is 14.3 Å². The molecule has 1 atom stereocenters. The largest absolute Gasteiger partial charge is 0.439 e. The first-order valence-corrected chi connectivity index (χ1v) is 7.52. The maximum atomic E-state index is 11.7. The number of carbonyl (C=O) groups is 1. The van der Waals surface area contributed by atoms with Crippen molar-refractivity contribution in [1.82, 2.24) is 20.2 Å². The highest BCUT2D eigenvalue weighted by Crippen LogP contribution is 2.35. The number of ether oxygens (including phenoxy) is 2. The highest BCUT2D eigenvalue weighted by molar-refractivity contribution is 5.95. The first-order valence-electron chi connectivity index (χ1n) is 7.52. The Labute approximate surface area is 137 Å². The van der Waals surface area contributed by atoms with Crippen molar-refractivity contribution in [2.75, 3.05) is 19.0 Å². The molecular weight excluding hydrogens is 310 g/mol. The Morgan fingerprint density at radius 2 is 2.17 bits per heavy atom. The van der Waals surface area contributed by atoms with Gasteiger partial charge in [-0.3, -0.25) is 15.4 Å². The van der Waals surface area contributed by atoms with E-state index >= 15 is 0 Å². The van der Waals surface area contributed by atoms with Crippen LogP contribution in [0.25, 0.3) is 22.3 Å². The molecule has 4 rings (SSSR count). The first kappa shape index (κ1) is 14.6. The highest BCUT2D eigenvalue weighted by Gasteiger charge is 2.29. The Balaban J connectivity index is 1.83. The molecule has 0 radical (unpaired) electrons. The molecule has 3 aromatic heterocycles. The van der Waals surface area contributed by atoms with Gasteiger partial charge >= 0.3 is 6.09 Å². The number of hydrogen-bond acceptors (Lipinski definition) is 6. The molecule has 0 bridgehead atoms. The number of aromatic nitrogens is 4. The van der Waals surface area contributed by atoms with Gasteiger partial charge in [-0.05, 0) is 18.2 Å². The van der Waals surface area contributed by atoms with Gasteiger partial charge in [0.25, 0.3) is 0 Å². The van der Waals surface area contributed by atoms with Crippen LogP contribution in [0.3, 0.4) is 0 Å². The van der Waals surface area contributed by atoms with Crippen molar-refractivity contribution in [3.8, 4) is 11.3 Å². The van der Waals surface area contributed by atoms with Crippen LogP contribution in [-0.2, 0) is 9.47 Å². The average Bonchev–Trinajstić information content (AvgIpc) is 3.01. The second-order valence-corrected chi connectivity index (χ2v) is 5.43. The minimum Gasteiger partial charge on any atom is -0.439 e. The molecule has 0 spiro atoms. The molecule has 0 fully saturated rings. The molecule has 0 saturated heterocycles. The number of pyridine rings is 2. The number of cyclic esters (lactones) is 1. The van der Waals surface area contributed by atoms with Crippen LogP contribution in [-0.4, -0.2) is 40.0 Å². The van der Waals surface area contributed by atoms with Gasteiger partial charge in [0.15, 0.2) is 0 Å². The van der Waals surface area contributed by atoms with Crippen LogP contribution in [0.1, 0.15) is 18.2 Å². The molecule has 1 unspecified atom stereocenters. The molecule has 1 aliphatic rings. The Morgan fingerprint density at radius 1 is 1.33 bits per heavy atom. The van der Waals surface area contributed by atoms with E-state index in [-0.39, 0.29) is 0 Å². The van der Waals surface area contributed by atoms with E-state index in [1.807, 2.05) is 18.2 Å². The van der Waals surface area contributed by atoms with Gasteiger partial charge in [0.1, 0.15) is 23.0 Å². The van der Waals surface area contributed by atoms with Gasteiger partial charge in [0, 0.05) is 31.5 Å². The summed E-state index contributed by atoms with van der Waals surface area (Å²) < 4.78 is 10.4. The van der Waals surface area contributed by atoms with E-state index in [0.29, 0.717) is 24.4 Å². The summed E-state index contributed by atoms with van der Waals surface area (Å²) in [5, 5.41) is 9.99. The summed E-state index contributed by atoms with van der Waals surface area (Å²) in [5.41, 5.74) is 4.42. The monoisotopic (exact) mass is 325 g/mol. The fourth-order valence-electron chi connectivity index (χ4n) is 2.76. The average molecular weight is 325 g/mol. The number of anilines is 1. The topological polar surface area (TPSA) is 102 Å². The molecule has 24 heavy (non-hydrogen) atoms. The molecule has 122 valence electrons. The van der Waals surface area contributed by atoms with Crippen molar-refractivity contribution in [2.24, 2.45) is 0 Å². The lowest BCUT2D eigenvalue weighted by molar-refractivity contribution is 0.0748. The summed E-state index contributed by atoms with van der Waals surface area (Å²) in [6.45, 7) is 0.472. The Morgan fingerprint density at radius 3 is 2.96 bits per heavy atom. The van der Waals surface area contributed by atoms with Crippen LogP contribution in [0.15, 0.2) is 30.6 Å². The van der Waals surface area contributed by atoms with E-state index in [1.54, 1.807) is 19.5 Å². The van der Waals surface area contributed by atoms with E-state index in [9.17, 15) is 4.79 Å². The zero-order valence-corrected chi connectivity index (χ0v) is 12.9. The summed E-state index contributed by atoms with van der Waals surface area (Å²) >= 11 is 0. The van der Waals surface area contributed by atoms with Gasteiger partial charge in [-0.15, -0.1) is 0 Å². The van der Waals surface area contributed by atoms with Crippen LogP contribution in [0.4, 0.5) is 10.5 Å². The fourth-order valence-corrected chi connectivity index (χ4v) is 2.76. The minimum atomic E-state index is -0.487. The predicted molar refractivity (Wildman–Crippen MR) is 86.5 cm³/mol. The maximum absolute atomic E-state index is 11.7. The lowest BCUT2D eigenvalue weighted by Crippen LogP contribution is -2.26. The van der Waals surface area contributed by atoms with Crippen molar-refractivity contribution >= 4 is 22.8 Å². The summed E-state index contributed by atoms with van der Waals surface area (Å²) in [7, 11) is 1.61. The third-order valence-corrected chi connectivity index (χ3v) is 3.89. The molecule has 0 saturated carbocycles. The number of fused-ring (bicyclic) bond motifs is 2. The molecule has 2 N–H and O–H groups in total. The number of amides is 1. The second kappa shape index (κ2) is 5.89. The zero-order chi connectivity index (χ0) is 16.5. The summed E-state index contributed by atoms with van der Waals surface area (Å²) in [6, 6.07) is 5.57. The number of rotatable bonds is 4. The Bertz CT molecular complexity index is 893. The standard InChI is InChI=1S/C16H15N5O3/c1-23-7-4-12-14-10(18-16(22)24-12)8-11-15(19-14)13(21-20-11)9-2-5-17-6-3-9/h2-3,5-6,8,12H,4,7H2,1H3,(H,18,22)(H,20,21). The van der Waals surface area contributed by atoms with E-state index in [4.69, 9.17) is 14.5 Å². The number of nitrogens with zero attached hydrogens (tertiary/aromatic N) is 3. The van der Waals surface area contributed by atoms with Gasteiger partial charge in [0.05, 0.1) is 17.8 Å². The van der Waals surface area contributed by atoms with Crippen LogP contribution in [0.2, 0.25) is 0 Å². The predicted octanol–water partition coefficient (Wildman–Crippen LogP) is 2.66. The fraction of sp³-hybridized carbons (Fsp3) is 0.250. The third kappa shape index (κ3) is 2.46. The summed E-state index contributed by atoms with van der Waals surface area (Å²) in [5.74, 6) is 0. The number of carbonyl (C=O) groups excluding carboxylic acids is 1. The van der Waals surface area contributed by atoms with E-state index in [2.05, 4.69) is 20.5 Å².